The second-order valence-corrected chi connectivity index (χ2v) is 4.64. The second kappa shape index (κ2) is 7.71. The van der Waals surface area contributed by atoms with Gasteiger partial charge in [0.25, 0.3) is 5.91 Å². The Morgan fingerprint density at radius 1 is 1.30 bits per heavy atom. The zero-order valence-electron chi connectivity index (χ0n) is 12.8. The van der Waals surface area contributed by atoms with E-state index in [-0.39, 0.29) is 5.91 Å². The van der Waals surface area contributed by atoms with E-state index in [4.69, 9.17) is 15.9 Å². The first-order chi connectivity index (χ1) is 11.2. The van der Waals surface area contributed by atoms with Crippen molar-refractivity contribution in [2.75, 3.05) is 19.0 Å². The molecule has 0 saturated carbocycles. The summed E-state index contributed by atoms with van der Waals surface area (Å²) in [7, 11) is 1.52. The largest absolute Gasteiger partial charge is 0.493 e. The molecule has 0 atom stereocenters. The van der Waals surface area contributed by atoms with E-state index in [9.17, 15) is 4.79 Å². The number of hydrogen-bond donors (Lipinski definition) is 1. The molecule has 0 spiro atoms. The maximum Gasteiger partial charge on any atom is 0.255 e. The van der Waals surface area contributed by atoms with Gasteiger partial charge in [-0.05, 0) is 36.4 Å². The Balaban J connectivity index is 2.18. The predicted octanol–water partition coefficient (Wildman–Crippen LogP) is 3.49. The molecular formula is C19H17NO3. The van der Waals surface area contributed by atoms with Crippen LogP contribution in [0.1, 0.15) is 15.9 Å². The van der Waals surface area contributed by atoms with Crippen molar-refractivity contribution in [2.45, 2.75) is 0 Å². The lowest BCUT2D eigenvalue weighted by Crippen LogP contribution is -2.12. The first-order valence-electron chi connectivity index (χ1n) is 6.97. The molecule has 0 fully saturated rings. The lowest BCUT2D eigenvalue weighted by Gasteiger charge is -2.11. The van der Waals surface area contributed by atoms with Crippen LogP contribution in [0, 0.1) is 12.3 Å². The quantitative estimate of drug-likeness (QED) is 0.656. The summed E-state index contributed by atoms with van der Waals surface area (Å²) < 4.78 is 10.7. The normalized spacial score (nSPS) is 9.57. The van der Waals surface area contributed by atoms with Crippen LogP contribution in [0.15, 0.2) is 55.1 Å². The van der Waals surface area contributed by atoms with Gasteiger partial charge in [0, 0.05) is 16.8 Å². The molecule has 2 aromatic rings. The molecule has 23 heavy (non-hydrogen) atoms. The minimum atomic E-state index is -0.257. The van der Waals surface area contributed by atoms with Crippen molar-refractivity contribution < 1.29 is 14.3 Å². The second-order valence-electron chi connectivity index (χ2n) is 4.64. The molecule has 0 aliphatic heterocycles. The van der Waals surface area contributed by atoms with Gasteiger partial charge < -0.3 is 14.8 Å². The maximum atomic E-state index is 12.3. The molecule has 0 saturated heterocycles. The van der Waals surface area contributed by atoms with Crippen molar-refractivity contribution in [3.05, 3.63) is 66.2 Å². The van der Waals surface area contributed by atoms with Gasteiger partial charge in [0.1, 0.15) is 6.61 Å². The number of terminal acetylenes is 1. The van der Waals surface area contributed by atoms with Crippen LogP contribution in [0.3, 0.4) is 0 Å². The predicted molar refractivity (Wildman–Crippen MR) is 91.0 cm³/mol. The number of nitrogens with one attached hydrogen (secondary N) is 1. The molecule has 0 radical (unpaired) electrons. The Kier molecular flexibility index (Phi) is 5.43. The number of anilines is 1. The molecule has 116 valence electrons. The summed E-state index contributed by atoms with van der Waals surface area (Å²) in [4.78, 5) is 12.3. The number of carbonyl (C=O) groups excluding carboxylic acids is 1. The molecule has 1 amide bonds. The number of carbonyl (C=O) groups is 1. The van der Waals surface area contributed by atoms with Gasteiger partial charge in [0.15, 0.2) is 11.5 Å². The fraction of sp³-hybridized carbons (Fsp3) is 0.105. The number of methoxy groups -OCH3 is 1. The van der Waals surface area contributed by atoms with Crippen LogP contribution in [0.5, 0.6) is 11.5 Å². The minimum absolute atomic E-state index is 0.257. The molecule has 0 bridgehead atoms. The van der Waals surface area contributed by atoms with E-state index in [1.807, 2.05) is 0 Å². The van der Waals surface area contributed by atoms with Crippen molar-refractivity contribution in [1.82, 2.24) is 0 Å². The van der Waals surface area contributed by atoms with Crippen LogP contribution in [-0.4, -0.2) is 19.6 Å². The zero-order valence-corrected chi connectivity index (χ0v) is 12.8. The van der Waals surface area contributed by atoms with Crippen molar-refractivity contribution in [1.29, 1.82) is 0 Å². The van der Waals surface area contributed by atoms with Gasteiger partial charge in [-0.2, -0.15) is 0 Å². The number of ether oxygens (including phenoxy) is 2. The van der Waals surface area contributed by atoms with E-state index in [0.717, 1.165) is 0 Å². The molecule has 4 heteroatoms. The molecule has 4 nitrogen and oxygen atoms in total. The molecule has 0 heterocycles. The standard InChI is InChI=1S/C19H17NO3/c1-4-11-23-17-10-9-15(13-18(17)22-3)19(21)20-16-8-6-7-14(5-2)12-16/h2,4,6-10,12-13H,1,11H2,3H3,(H,20,21). The highest BCUT2D eigenvalue weighted by atomic mass is 16.5. The Hall–Kier alpha value is -3.19. The highest BCUT2D eigenvalue weighted by Crippen LogP contribution is 2.28. The fourth-order valence-electron chi connectivity index (χ4n) is 1.97. The molecule has 2 rings (SSSR count). The van der Waals surface area contributed by atoms with Crippen LogP contribution < -0.4 is 14.8 Å². The molecule has 2 aromatic carbocycles. The summed E-state index contributed by atoms with van der Waals surface area (Å²) in [5, 5.41) is 2.80. The van der Waals surface area contributed by atoms with E-state index in [1.165, 1.54) is 7.11 Å². The van der Waals surface area contributed by atoms with E-state index in [2.05, 4.69) is 17.8 Å². The van der Waals surface area contributed by atoms with Gasteiger partial charge in [0.05, 0.1) is 7.11 Å². The van der Waals surface area contributed by atoms with Crippen molar-refractivity contribution >= 4 is 11.6 Å². The Labute approximate surface area is 135 Å². The Morgan fingerprint density at radius 3 is 2.83 bits per heavy atom. The van der Waals surface area contributed by atoms with Gasteiger partial charge in [-0.15, -0.1) is 6.42 Å². The van der Waals surface area contributed by atoms with E-state index in [1.54, 1.807) is 48.5 Å². The third-order valence-electron chi connectivity index (χ3n) is 3.07. The summed E-state index contributed by atoms with van der Waals surface area (Å²) in [6.07, 6.45) is 6.99. The van der Waals surface area contributed by atoms with E-state index < -0.39 is 0 Å². The lowest BCUT2D eigenvalue weighted by atomic mass is 10.1. The smallest absolute Gasteiger partial charge is 0.255 e. The first kappa shape index (κ1) is 16.2. The summed E-state index contributed by atoms with van der Waals surface area (Å²) >= 11 is 0. The summed E-state index contributed by atoms with van der Waals surface area (Å²) in [5.41, 5.74) is 1.80. The SMILES string of the molecule is C#Cc1cccc(NC(=O)c2ccc(OCC=C)c(OC)c2)c1. The molecule has 0 aliphatic carbocycles. The third-order valence-corrected chi connectivity index (χ3v) is 3.07. The minimum Gasteiger partial charge on any atom is -0.493 e. The number of rotatable bonds is 6. The Morgan fingerprint density at radius 2 is 2.13 bits per heavy atom. The molecule has 0 aliphatic rings. The van der Waals surface area contributed by atoms with E-state index in [0.29, 0.717) is 34.9 Å². The summed E-state index contributed by atoms with van der Waals surface area (Å²) in [6, 6.07) is 12.1. The van der Waals surface area contributed by atoms with Gasteiger partial charge in [0.2, 0.25) is 0 Å². The average Bonchev–Trinajstić information content (AvgIpc) is 2.59. The van der Waals surface area contributed by atoms with Gasteiger partial charge in [-0.1, -0.05) is 24.6 Å². The topological polar surface area (TPSA) is 47.6 Å². The summed E-state index contributed by atoms with van der Waals surface area (Å²) in [5.74, 6) is 3.31. The van der Waals surface area contributed by atoms with Gasteiger partial charge in [-0.25, -0.2) is 0 Å². The van der Waals surface area contributed by atoms with Crippen LogP contribution in [0.2, 0.25) is 0 Å². The highest BCUT2D eigenvalue weighted by Gasteiger charge is 2.11. The van der Waals surface area contributed by atoms with Crippen LogP contribution in [0.4, 0.5) is 5.69 Å². The first-order valence-corrected chi connectivity index (χ1v) is 6.97. The monoisotopic (exact) mass is 307 g/mol. The van der Waals surface area contributed by atoms with Gasteiger partial charge >= 0.3 is 0 Å². The van der Waals surface area contributed by atoms with E-state index >= 15 is 0 Å². The van der Waals surface area contributed by atoms with Crippen molar-refractivity contribution in [2.24, 2.45) is 0 Å². The average molecular weight is 307 g/mol. The van der Waals surface area contributed by atoms with Gasteiger partial charge in [-0.3, -0.25) is 4.79 Å². The van der Waals surface area contributed by atoms with Crippen molar-refractivity contribution in [3.63, 3.8) is 0 Å². The molecule has 0 aromatic heterocycles. The molecule has 0 unspecified atom stereocenters. The molecular weight excluding hydrogens is 290 g/mol. The lowest BCUT2D eigenvalue weighted by molar-refractivity contribution is 0.102. The van der Waals surface area contributed by atoms with Crippen LogP contribution in [-0.2, 0) is 0 Å². The van der Waals surface area contributed by atoms with Crippen LogP contribution >= 0.6 is 0 Å². The number of amides is 1. The summed E-state index contributed by atoms with van der Waals surface area (Å²) in [6.45, 7) is 3.96. The highest BCUT2D eigenvalue weighted by molar-refractivity contribution is 6.04. The molecule has 1 N–H and O–H groups in total. The zero-order chi connectivity index (χ0) is 16.7. The Bertz CT molecular complexity index is 759. The van der Waals surface area contributed by atoms with Crippen molar-refractivity contribution in [3.8, 4) is 23.8 Å². The number of benzene rings is 2. The number of hydrogen-bond acceptors (Lipinski definition) is 3. The van der Waals surface area contributed by atoms with Crippen LogP contribution in [0.25, 0.3) is 0 Å². The fourth-order valence-corrected chi connectivity index (χ4v) is 1.97. The third kappa shape index (κ3) is 4.14. The maximum absolute atomic E-state index is 12.3.